The summed E-state index contributed by atoms with van der Waals surface area (Å²) in [4.78, 5) is 12.2. The maximum atomic E-state index is 9.85. The van der Waals surface area contributed by atoms with Crippen molar-refractivity contribution in [3.8, 4) is 67.9 Å². The van der Waals surface area contributed by atoms with Crippen LogP contribution in [-0.2, 0) is 0 Å². The van der Waals surface area contributed by atoms with E-state index in [0.717, 1.165) is 73.0 Å². The van der Waals surface area contributed by atoms with E-state index in [1.54, 1.807) is 6.07 Å². The Morgan fingerprint density at radius 1 is 0.375 bits per heavy atom. The van der Waals surface area contributed by atoms with Crippen LogP contribution in [0.5, 0.6) is 0 Å². The lowest BCUT2D eigenvalue weighted by atomic mass is 9.98. The minimum absolute atomic E-state index is 0.528. The van der Waals surface area contributed by atoms with Gasteiger partial charge in [-0.2, -0.15) is 5.26 Å². The van der Waals surface area contributed by atoms with Crippen LogP contribution in [0.1, 0.15) is 5.56 Å². The van der Waals surface area contributed by atoms with E-state index in [4.69, 9.17) is 9.97 Å². The fourth-order valence-electron chi connectivity index (χ4n) is 8.72. The zero-order valence-corrected chi connectivity index (χ0v) is 34.8. The van der Waals surface area contributed by atoms with Crippen LogP contribution in [0, 0.1) is 11.3 Å². The summed E-state index contributed by atoms with van der Waals surface area (Å²) in [5.74, 6) is 0.528. The Morgan fingerprint density at radius 2 is 0.844 bits per heavy atom. The number of nitrogens with zero attached hydrogens (tertiary/aromatic N) is 5. The number of hydrogen-bond donors (Lipinski definition) is 0. The molecule has 0 bridgehead atoms. The van der Waals surface area contributed by atoms with Crippen molar-refractivity contribution in [3.05, 3.63) is 242 Å². The maximum Gasteiger partial charge on any atom is 0.161 e. The van der Waals surface area contributed by atoms with Crippen molar-refractivity contribution < 1.29 is 0 Å². The van der Waals surface area contributed by atoms with Crippen molar-refractivity contribution in [3.63, 3.8) is 0 Å². The predicted octanol–water partition coefficient (Wildman–Crippen LogP) is 15.3. The lowest BCUT2D eigenvalue weighted by Gasteiger charge is -2.25. The van der Waals surface area contributed by atoms with E-state index in [0.29, 0.717) is 17.0 Å². The minimum Gasteiger partial charge on any atom is -0.310 e. The number of rotatable bonds is 9. The highest BCUT2D eigenvalue weighted by atomic mass is 15.1. The molecule has 0 radical (unpaired) electrons. The Morgan fingerprint density at radius 3 is 1.44 bits per heavy atom. The average Bonchev–Trinajstić information content (AvgIpc) is 3.71. The van der Waals surface area contributed by atoms with Gasteiger partial charge >= 0.3 is 0 Å². The number of hydrogen-bond acceptors (Lipinski definition) is 4. The second-order valence-corrected chi connectivity index (χ2v) is 15.7. The summed E-state index contributed by atoms with van der Waals surface area (Å²) in [6.07, 6.45) is 0. The molecular weight excluding hydrogens is 779 g/mol. The van der Waals surface area contributed by atoms with Crippen LogP contribution < -0.4 is 4.90 Å². The third-order valence-electron chi connectivity index (χ3n) is 11.9. The average molecular weight is 818 g/mol. The fraction of sp³-hybridized carbons (Fsp3) is 0. The highest BCUT2D eigenvalue weighted by molar-refractivity contribution is 6.10. The molecule has 0 aliphatic rings. The van der Waals surface area contributed by atoms with Crippen LogP contribution >= 0.6 is 0 Å². The normalized spacial score (nSPS) is 11.1. The zero-order valence-electron chi connectivity index (χ0n) is 34.8. The number of fused-ring (bicyclic) bond motifs is 3. The highest BCUT2D eigenvalue weighted by Gasteiger charge is 2.18. The molecule has 0 spiro atoms. The summed E-state index contributed by atoms with van der Waals surface area (Å²) in [6, 6.07) is 84.6. The van der Waals surface area contributed by atoms with Gasteiger partial charge in [0.25, 0.3) is 0 Å². The van der Waals surface area contributed by atoms with Gasteiger partial charge in [-0.05, 0) is 101 Å². The molecule has 0 N–H and O–H groups in total. The summed E-state index contributed by atoms with van der Waals surface area (Å²) in [7, 11) is 0. The molecule has 0 fully saturated rings. The van der Waals surface area contributed by atoms with Gasteiger partial charge < -0.3 is 9.47 Å². The third kappa shape index (κ3) is 7.15. The molecule has 2 aromatic heterocycles. The predicted molar refractivity (Wildman–Crippen MR) is 263 cm³/mol. The Kier molecular flexibility index (Phi) is 9.85. The van der Waals surface area contributed by atoms with E-state index in [9.17, 15) is 5.26 Å². The Bertz CT molecular complexity index is 3420. The monoisotopic (exact) mass is 817 g/mol. The lowest BCUT2D eigenvalue weighted by molar-refractivity contribution is 1.18. The Hall–Kier alpha value is -8.85. The van der Waals surface area contributed by atoms with Crippen LogP contribution in [0.15, 0.2) is 237 Å². The molecule has 11 aromatic rings. The third-order valence-corrected chi connectivity index (χ3v) is 11.9. The van der Waals surface area contributed by atoms with Crippen molar-refractivity contribution in [2.24, 2.45) is 0 Å². The van der Waals surface area contributed by atoms with Crippen molar-refractivity contribution in [2.75, 3.05) is 4.90 Å². The quantitative estimate of drug-likeness (QED) is 0.146. The van der Waals surface area contributed by atoms with E-state index >= 15 is 0 Å². The number of nitriles is 1. The van der Waals surface area contributed by atoms with Crippen LogP contribution in [0.2, 0.25) is 0 Å². The number of benzene rings is 9. The molecule has 9 aromatic carbocycles. The molecule has 0 saturated heterocycles. The highest BCUT2D eigenvalue weighted by Crippen LogP contribution is 2.40. The van der Waals surface area contributed by atoms with E-state index in [-0.39, 0.29) is 0 Å². The molecule has 0 unspecified atom stereocenters. The molecule has 0 atom stereocenters. The van der Waals surface area contributed by atoms with Gasteiger partial charge in [-0.3, -0.25) is 0 Å². The molecule has 11 rings (SSSR count). The van der Waals surface area contributed by atoms with E-state index in [2.05, 4.69) is 191 Å². The molecule has 0 aliphatic heterocycles. The number of anilines is 3. The Labute approximate surface area is 372 Å². The minimum atomic E-state index is 0.528. The topological polar surface area (TPSA) is 57.7 Å². The zero-order chi connectivity index (χ0) is 42.8. The number of para-hydroxylation sites is 3. The first-order valence-corrected chi connectivity index (χ1v) is 21.4. The summed E-state index contributed by atoms with van der Waals surface area (Å²) in [5, 5.41) is 12.3. The first kappa shape index (κ1) is 38.1. The molecule has 300 valence electrons. The summed E-state index contributed by atoms with van der Waals surface area (Å²) in [5.41, 5.74) is 16.2. The molecule has 5 nitrogen and oxygen atoms in total. The van der Waals surface area contributed by atoms with Gasteiger partial charge in [-0.15, -0.1) is 0 Å². The molecule has 5 heteroatoms. The SMILES string of the molecule is N#Cc1ccccc1-c1nc(-c2ccccc2)cc(-c2ccc(-c3ccc(-c4ccc(-n5c6ccccc6c6cc(N(c7ccccc7)c7ccccc7)ccc65)cc4)cc3)cc2)n1. The maximum absolute atomic E-state index is 9.85. The molecule has 2 heterocycles. The molecule has 0 aliphatic carbocycles. The van der Waals surface area contributed by atoms with Crippen LogP contribution in [0.3, 0.4) is 0 Å². The van der Waals surface area contributed by atoms with Gasteiger partial charge in [-0.1, -0.05) is 158 Å². The van der Waals surface area contributed by atoms with E-state index < -0.39 is 0 Å². The van der Waals surface area contributed by atoms with Gasteiger partial charge in [0.05, 0.1) is 34.1 Å². The molecular formula is C59H39N5. The van der Waals surface area contributed by atoms with E-state index in [1.165, 1.54) is 16.3 Å². The second kappa shape index (κ2) is 16.5. The smallest absolute Gasteiger partial charge is 0.161 e. The van der Waals surface area contributed by atoms with Crippen LogP contribution in [0.4, 0.5) is 17.1 Å². The fourth-order valence-corrected chi connectivity index (χ4v) is 8.72. The first-order chi connectivity index (χ1) is 31.7. The van der Waals surface area contributed by atoms with Crippen molar-refractivity contribution in [1.29, 1.82) is 5.26 Å². The molecule has 0 saturated carbocycles. The van der Waals surface area contributed by atoms with Crippen molar-refractivity contribution >= 4 is 38.9 Å². The van der Waals surface area contributed by atoms with Gasteiger partial charge in [0.2, 0.25) is 0 Å². The van der Waals surface area contributed by atoms with Gasteiger partial charge in [0.15, 0.2) is 5.82 Å². The van der Waals surface area contributed by atoms with Gasteiger partial charge in [0.1, 0.15) is 0 Å². The van der Waals surface area contributed by atoms with Crippen molar-refractivity contribution in [1.82, 2.24) is 14.5 Å². The number of aromatic nitrogens is 3. The standard InChI is InChI=1S/C59H39N5/c60-40-47-16-10-11-21-52(47)59-61-55(45-14-4-1-5-15-45)39-56(62-59)46-30-28-43(29-31-46)41-24-26-42(27-25-41)44-32-34-50(35-33-44)64-57-23-13-12-22-53(57)54-38-51(36-37-58(54)64)63(48-17-6-2-7-18-48)49-19-8-3-9-20-49/h1-39H. The largest absolute Gasteiger partial charge is 0.310 e. The van der Waals surface area contributed by atoms with E-state index in [1.807, 2.05) is 54.6 Å². The summed E-state index contributed by atoms with van der Waals surface area (Å²) in [6.45, 7) is 0. The van der Waals surface area contributed by atoms with Crippen molar-refractivity contribution in [2.45, 2.75) is 0 Å². The van der Waals surface area contributed by atoms with Crippen LogP contribution in [-0.4, -0.2) is 14.5 Å². The Balaban J connectivity index is 0.875. The summed E-state index contributed by atoms with van der Waals surface area (Å²) < 4.78 is 2.37. The molecule has 64 heavy (non-hydrogen) atoms. The molecule has 0 amide bonds. The van der Waals surface area contributed by atoms with Crippen LogP contribution in [0.25, 0.3) is 83.6 Å². The lowest BCUT2D eigenvalue weighted by Crippen LogP contribution is -2.09. The first-order valence-electron chi connectivity index (χ1n) is 21.4. The van der Waals surface area contributed by atoms with Gasteiger partial charge in [0, 0.05) is 50.2 Å². The second-order valence-electron chi connectivity index (χ2n) is 15.7. The van der Waals surface area contributed by atoms with Gasteiger partial charge in [-0.25, -0.2) is 9.97 Å². The summed E-state index contributed by atoms with van der Waals surface area (Å²) >= 11 is 0.